The van der Waals surface area contributed by atoms with Crippen LogP contribution in [-0.2, 0) is 11.2 Å². The van der Waals surface area contributed by atoms with E-state index in [-0.39, 0.29) is 46.3 Å². The Bertz CT molecular complexity index is 1630. The molecule has 5 rings (SSSR count). The van der Waals surface area contributed by atoms with Crippen LogP contribution in [0.1, 0.15) is 57.5 Å². The molecule has 4 atom stereocenters. The van der Waals surface area contributed by atoms with Gasteiger partial charge in [0, 0.05) is 17.5 Å². The molecular weight excluding hydrogens is 564 g/mol. The fourth-order valence-corrected chi connectivity index (χ4v) is 5.63. The first-order valence-corrected chi connectivity index (χ1v) is 14.2. The van der Waals surface area contributed by atoms with Crippen LogP contribution < -0.4 is 4.74 Å². The third-order valence-corrected chi connectivity index (χ3v) is 7.93. The highest BCUT2D eigenvalue weighted by Crippen LogP contribution is 2.50. The monoisotopic (exact) mass is 598 g/mol. The largest absolute Gasteiger partial charge is 0.508 e. The van der Waals surface area contributed by atoms with Crippen LogP contribution in [0, 0.1) is 0 Å². The normalized spacial score (nSPS) is 20.0. The molecule has 4 aromatic carbocycles. The van der Waals surface area contributed by atoms with Crippen molar-refractivity contribution < 1.29 is 44.9 Å². The third kappa shape index (κ3) is 6.64. The lowest BCUT2D eigenvalue weighted by atomic mass is 9.78. The Balaban J connectivity index is 1.51. The number of carbonyl (C=O) groups is 1. The highest BCUT2D eigenvalue weighted by Gasteiger charge is 2.42. The van der Waals surface area contributed by atoms with Crippen molar-refractivity contribution in [2.45, 2.75) is 43.5 Å². The number of aliphatic hydroxyl groups is 1. The number of hydrogen-bond acceptors (Lipinski definition) is 9. The first-order chi connectivity index (χ1) is 21.1. The van der Waals surface area contributed by atoms with Crippen LogP contribution in [0.5, 0.6) is 34.5 Å². The number of rotatable bonds is 9. The second-order valence-corrected chi connectivity index (χ2v) is 10.8. The van der Waals surface area contributed by atoms with Gasteiger partial charge < -0.3 is 40.1 Å². The molecule has 0 aliphatic carbocycles. The van der Waals surface area contributed by atoms with E-state index in [0.29, 0.717) is 24.0 Å². The fourth-order valence-electron chi connectivity index (χ4n) is 5.63. The molecule has 4 aromatic rings. The first-order valence-electron chi connectivity index (χ1n) is 14.2. The summed E-state index contributed by atoms with van der Waals surface area (Å²) in [4.78, 5) is 13.4. The zero-order chi connectivity index (χ0) is 31.4. The van der Waals surface area contributed by atoms with Crippen LogP contribution in [0.2, 0.25) is 0 Å². The Morgan fingerprint density at radius 2 is 1.48 bits per heavy atom. The van der Waals surface area contributed by atoms with Crippen LogP contribution in [0.15, 0.2) is 84.9 Å². The third-order valence-electron chi connectivity index (χ3n) is 7.93. The summed E-state index contributed by atoms with van der Waals surface area (Å²) in [5.74, 6) is -2.02. The minimum Gasteiger partial charge on any atom is -0.508 e. The molecule has 0 aromatic heterocycles. The van der Waals surface area contributed by atoms with Crippen LogP contribution in [0.4, 0.5) is 0 Å². The molecule has 0 bridgehead atoms. The van der Waals surface area contributed by atoms with Crippen molar-refractivity contribution in [3.63, 3.8) is 0 Å². The van der Waals surface area contributed by atoms with Gasteiger partial charge >= 0.3 is 0 Å². The molecule has 1 heterocycles. The molecule has 0 spiro atoms. The van der Waals surface area contributed by atoms with Gasteiger partial charge in [0.1, 0.15) is 46.2 Å². The molecule has 0 radical (unpaired) electrons. The summed E-state index contributed by atoms with van der Waals surface area (Å²) in [7, 11) is 1.32. The lowest BCUT2D eigenvalue weighted by molar-refractivity contribution is -0.133. The number of hydrogen-bond donors (Lipinski definition) is 6. The number of aliphatic hydroxyl groups excluding tert-OH is 1. The van der Waals surface area contributed by atoms with Gasteiger partial charge in [-0.25, -0.2) is 0 Å². The van der Waals surface area contributed by atoms with E-state index in [1.807, 2.05) is 12.1 Å². The van der Waals surface area contributed by atoms with Crippen molar-refractivity contribution in [2.75, 3.05) is 7.11 Å². The van der Waals surface area contributed by atoms with Gasteiger partial charge in [-0.1, -0.05) is 42.5 Å². The molecule has 0 unspecified atom stereocenters. The van der Waals surface area contributed by atoms with Crippen LogP contribution in [0.3, 0.4) is 0 Å². The molecule has 1 aliphatic heterocycles. The van der Waals surface area contributed by atoms with Gasteiger partial charge in [0.2, 0.25) is 0 Å². The topological polar surface area (TPSA) is 157 Å². The van der Waals surface area contributed by atoms with Crippen molar-refractivity contribution in [1.29, 1.82) is 0 Å². The van der Waals surface area contributed by atoms with Gasteiger partial charge in [-0.05, 0) is 78.4 Å². The molecule has 1 saturated heterocycles. The average molecular weight is 599 g/mol. The van der Waals surface area contributed by atoms with Crippen molar-refractivity contribution in [1.82, 2.24) is 0 Å². The highest BCUT2D eigenvalue weighted by molar-refractivity contribution is 6.11. The number of phenols is 5. The van der Waals surface area contributed by atoms with E-state index < -0.39 is 35.8 Å². The van der Waals surface area contributed by atoms with E-state index >= 15 is 0 Å². The van der Waals surface area contributed by atoms with Crippen molar-refractivity contribution in [3.05, 3.63) is 113 Å². The van der Waals surface area contributed by atoms with Crippen LogP contribution in [0.25, 0.3) is 6.08 Å². The molecule has 0 amide bonds. The molecule has 228 valence electrons. The number of aromatic hydroxyl groups is 5. The molecule has 9 heteroatoms. The van der Waals surface area contributed by atoms with Crippen LogP contribution >= 0.6 is 0 Å². The zero-order valence-electron chi connectivity index (χ0n) is 24.0. The maximum absolute atomic E-state index is 13.4. The maximum Gasteiger partial charge on any atom is 0.193 e. The van der Waals surface area contributed by atoms with Crippen molar-refractivity contribution in [2.24, 2.45) is 0 Å². The quantitative estimate of drug-likeness (QED) is 0.105. The number of phenolic OH excluding ortho intramolecular Hbond substituents is 5. The predicted molar refractivity (Wildman–Crippen MR) is 163 cm³/mol. The van der Waals surface area contributed by atoms with Gasteiger partial charge in [0.15, 0.2) is 5.78 Å². The zero-order valence-corrected chi connectivity index (χ0v) is 24.0. The molecule has 44 heavy (non-hydrogen) atoms. The van der Waals surface area contributed by atoms with E-state index in [1.54, 1.807) is 36.4 Å². The molecule has 1 aliphatic rings. The molecular formula is C35H34O9. The van der Waals surface area contributed by atoms with E-state index in [2.05, 4.69) is 0 Å². The summed E-state index contributed by atoms with van der Waals surface area (Å²) in [6.45, 7) is 0. The summed E-state index contributed by atoms with van der Waals surface area (Å²) < 4.78 is 11.7. The van der Waals surface area contributed by atoms with E-state index in [1.165, 1.54) is 49.6 Å². The predicted octanol–water partition coefficient (Wildman–Crippen LogP) is 5.73. The Morgan fingerprint density at radius 1 is 0.886 bits per heavy atom. The highest BCUT2D eigenvalue weighted by atomic mass is 16.5. The molecule has 6 N–H and O–H groups in total. The number of aryl methyl sites for hydroxylation is 1. The summed E-state index contributed by atoms with van der Waals surface area (Å²) >= 11 is 0. The number of allylic oxidation sites excluding steroid dienone is 1. The SMILES string of the molecule is COc1cc(O)c([C@H]2C[C@H](CCc3ccc(O)cc3)O[C@H](c3ccc(O)cc3)[C@H]2O)c(O)c1C(=O)/C=C/c1ccc(O)cc1. The first kappa shape index (κ1) is 30.5. The van der Waals surface area contributed by atoms with Crippen molar-refractivity contribution >= 4 is 11.9 Å². The van der Waals surface area contributed by atoms with Gasteiger partial charge in [-0.2, -0.15) is 0 Å². The minimum atomic E-state index is -1.23. The Morgan fingerprint density at radius 3 is 2.09 bits per heavy atom. The van der Waals surface area contributed by atoms with Crippen LogP contribution in [-0.4, -0.2) is 55.7 Å². The summed E-state index contributed by atoms with van der Waals surface area (Å²) in [5.41, 5.74) is 2.04. The number of methoxy groups -OCH3 is 1. The van der Waals surface area contributed by atoms with Gasteiger partial charge in [0.25, 0.3) is 0 Å². The van der Waals surface area contributed by atoms with Crippen molar-refractivity contribution in [3.8, 4) is 34.5 Å². The standard InChI is InChI=1S/C35H34O9/c1-43-30-19-29(40)31(34(42)32(30)28(39)17-7-21-4-12-24(37)13-5-21)27-18-26(16-6-20-2-10-23(36)11-3-20)44-35(33(27)41)22-8-14-25(38)15-9-22/h2-5,7-15,17,19,26-27,33,35-38,40-42H,6,16,18H2,1H3/b17-7+/t26-,27+,33-,35+/m0/s1. The van der Waals surface area contributed by atoms with Gasteiger partial charge in [-0.15, -0.1) is 0 Å². The Hall–Kier alpha value is -4.99. The minimum absolute atomic E-state index is 0.00129. The number of benzene rings is 4. The van der Waals surface area contributed by atoms with E-state index in [4.69, 9.17) is 9.47 Å². The smallest absolute Gasteiger partial charge is 0.193 e. The molecule has 9 nitrogen and oxygen atoms in total. The number of ketones is 1. The van der Waals surface area contributed by atoms with E-state index in [0.717, 1.165) is 5.56 Å². The van der Waals surface area contributed by atoms with Gasteiger partial charge in [-0.3, -0.25) is 4.79 Å². The summed E-state index contributed by atoms with van der Waals surface area (Å²) in [6, 6.07) is 20.5. The number of carbonyl (C=O) groups excluding carboxylic acids is 1. The maximum atomic E-state index is 13.4. The second-order valence-electron chi connectivity index (χ2n) is 10.8. The van der Waals surface area contributed by atoms with E-state index in [9.17, 15) is 35.4 Å². The molecule has 1 fully saturated rings. The number of ether oxygens (including phenoxy) is 2. The summed E-state index contributed by atoms with van der Waals surface area (Å²) in [6.07, 6.45) is 1.60. The second kappa shape index (κ2) is 13.1. The Labute approximate surface area is 254 Å². The van der Waals surface area contributed by atoms with Gasteiger partial charge in [0.05, 0.1) is 19.3 Å². The Kier molecular flexibility index (Phi) is 9.08. The lowest BCUT2D eigenvalue weighted by Crippen LogP contribution is -2.39. The average Bonchev–Trinajstić information content (AvgIpc) is 3.01. The summed E-state index contributed by atoms with van der Waals surface area (Å²) in [5, 5.41) is 63.3. The molecule has 0 saturated carbocycles. The lowest BCUT2D eigenvalue weighted by Gasteiger charge is -2.40. The fraction of sp³-hybridized carbons (Fsp3) is 0.229.